The minimum absolute atomic E-state index is 0.00867. The Kier molecular flexibility index (Phi) is 7.50. The first-order valence-corrected chi connectivity index (χ1v) is 12.0. The van der Waals surface area contributed by atoms with Crippen LogP contribution in [0.4, 0.5) is 0 Å². The summed E-state index contributed by atoms with van der Waals surface area (Å²) in [5, 5.41) is 0.740. The lowest BCUT2D eigenvalue weighted by Gasteiger charge is -2.35. The number of carbonyl (C=O) groups is 3. The molecule has 10 heteroatoms. The minimum Gasteiger partial charge on any atom is -0.469 e. The molecule has 0 saturated carbocycles. The van der Waals surface area contributed by atoms with Gasteiger partial charge in [0.25, 0.3) is 5.56 Å². The molecule has 1 aliphatic rings. The van der Waals surface area contributed by atoms with Crippen molar-refractivity contribution < 1.29 is 23.9 Å². The van der Waals surface area contributed by atoms with E-state index in [0.717, 1.165) is 22.9 Å². The van der Waals surface area contributed by atoms with Crippen molar-refractivity contribution in [3.63, 3.8) is 0 Å². The van der Waals surface area contributed by atoms with Gasteiger partial charge in [0.05, 0.1) is 37.3 Å². The van der Waals surface area contributed by atoms with E-state index in [-0.39, 0.29) is 36.7 Å². The molecule has 1 aromatic heterocycles. The molecule has 1 aliphatic heterocycles. The number of aromatic nitrogens is 2. The number of ether oxygens (including phenoxy) is 2. The fourth-order valence-electron chi connectivity index (χ4n) is 4.10. The lowest BCUT2D eigenvalue weighted by molar-refractivity contribution is -0.153. The predicted molar refractivity (Wildman–Crippen MR) is 130 cm³/mol. The zero-order chi connectivity index (χ0) is 24.9. The summed E-state index contributed by atoms with van der Waals surface area (Å²) in [6, 6.07) is 13.9. The maximum Gasteiger partial charge on any atom is 0.328 e. The molecule has 1 unspecified atom stereocenters. The first-order valence-electron chi connectivity index (χ1n) is 11.1. The normalized spacial score (nSPS) is 14.9. The van der Waals surface area contributed by atoms with Crippen LogP contribution in [-0.4, -0.2) is 58.3 Å². The van der Waals surface area contributed by atoms with Crippen LogP contribution in [0.25, 0.3) is 10.9 Å². The van der Waals surface area contributed by atoms with Crippen LogP contribution in [0.15, 0.2) is 58.5 Å². The van der Waals surface area contributed by atoms with Crippen LogP contribution in [0.3, 0.4) is 0 Å². The van der Waals surface area contributed by atoms with Crippen molar-refractivity contribution in [3.05, 3.63) is 70.0 Å². The monoisotopic (exact) mass is 495 g/mol. The van der Waals surface area contributed by atoms with Gasteiger partial charge in [0.1, 0.15) is 6.04 Å². The number of carbonyl (C=O) groups excluding carboxylic acids is 3. The number of thioether (sulfide) groups is 1. The van der Waals surface area contributed by atoms with Gasteiger partial charge in [-0.1, -0.05) is 48.2 Å². The van der Waals surface area contributed by atoms with Crippen LogP contribution in [-0.2, 0) is 43.4 Å². The highest BCUT2D eigenvalue weighted by atomic mass is 32.2. The van der Waals surface area contributed by atoms with Crippen LogP contribution in [0.5, 0.6) is 0 Å². The van der Waals surface area contributed by atoms with Gasteiger partial charge < -0.3 is 14.4 Å². The van der Waals surface area contributed by atoms with Crippen LogP contribution < -0.4 is 5.56 Å². The van der Waals surface area contributed by atoms with E-state index in [2.05, 4.69) is 4.98 Å². The number of para-hydroxylation sites is 1. The number of methoxy groups -OCH3 is 2. The Morgan fingerprint density at radius 2 is 1.74 bits per heavy atom. The number of esters is 2. The van der Waals surface area contributed by atoms with E-state index < -0.39 is 18.0 Å². The number of hydrogen-bond donors (Lipinski definition) is 0. The fourth-order valence-corrected chi connectivity index (χ4v) is 5.01. The van der Waals surface area contributed by atoms with E-state index in [1.807, 2.05) is 24.3 Å². The molecule has 182 valence electrons. The Bertz CT molecular complexity index is 1340. The van der Waals surface area contributed by atoms with Crippen LogP contribution in [0, 0.1) is 0 Å². The summed E-state index contributed by atoms with van der Waals surface area (Å²) in [7, 11) is 2.59. The molecule has 2 aromatic carbocycles. The maximum absolute atomic E-state index is 13.3. The Morgan fingerprint density at radius 1 is 1.03 bits per heavy atom. The smallest absolute Gasteiger partial charge is 0.328 e. The highest BCUT2D eigenvalue weighted by Crippen LogP contribution is 2.26. The third-order valence-corrected chi connectivity index (χ3v) is 6.92. The summed E-state index contributed by atoms with van der Waals surface area (Å²) in [5.74, 6) is -1.25. The van der Waals surface area contributed by atoms with Crippen molar-refractivity contribution in [2.24, 2.45) is 0 Å². The van der Waals surface area contributed by atoms with Gasteiger partial charge in [-0.05, 0) is 23.3 Å². The minimum atomic E-state index is -0.728. The van der Waals surface area contributed by atoms with Gasteiger partial charge in [-0.2, -0.15) is 0 Å². The largest absolute Gasteiger partial charge is 0.469 e. The van der Waals surface area contributed by atoms with Crippen molar-refractivity contribution in [3.8, 4) is 0 Å². The molecule has 1 amide bonds. The quantitative estimate of drug-likeness (QED) is 0.279. The molecule has 9 nitrogen and oxygen atoms in total. The number of benzene rings is 2. The molecular formula is C25H25N3O6S. The van der Waals surface area contributed by atoms with Gasteiger partial charge in [0.15, 0.2) is 5.16 Å². The third kappa shape index (κ3) is 5.22. The average molecular weight is 496 g/mol. The predicted octanol–water partition coefficient (Wildman–Crippen LogP) is 2.18. The van der Waals surface area contributed by atoms with Gasteiger partial charge in [-0.25, -0.2) is 9.78 Å². The molecule has 35 heavy (non-hydrogen) atoms. The summed E-state index contributed by atoms with van der Waals surface area (Å²) in [5.41, 5.74) is 2.19. The number of fused-ring (bicyclic) bond motifs is 2. The summed E-state index contributed by atoms with van der Waals surface area (Å²) in [6.45, 7) is 0.359. The zero-order valence-corrected chi connectivity index (χ0v) is 20.2. The van der Waals surface area contributed by atoms with Gasteiger partial charge >= 0.3 is 11.9 Å². The second-order valence-corrected chi connectivity index (χ2v) is 8.96. The molecule has 0 radical (unpaired) electrons. The van der Waals surface area contributed by atoms with E-state index in [0.29, 0.717) is 22.5 Å². The zero-order valence-electron chi connectivity index (χ0n) is 19.4. The van der Waals surface area contributed by atoms with Gasteiger partial charge in [0, 0.05) is 19.5 Å². The van der Waals surface area contributed by atoms with E-state index in [1.54, 1.807) is 24.3 Å². The van der Waals surface area contributed by atoms with Crippen molar-refractivity contribution >= 4 is 40.5 Å². The van der Waals surface area contributed by atoms with Gasteiger partial charge in [-0.3, -0.25) is 19.0 Å². The molecular weight excluding hydrogens is 470 g/mol. The SMILES string of the molecule is COC(=O)CCn1c(SCC(=O)N2Cc3ccccc3CC2C(=O)OC)nc2ccccc2c1=O. The molecule has 0 saturated heterocycles. The highest BCUT2D eigenvalue weighted by Gasteiger charge is 2.35. The van der Waals surface area contributed by atoms with Crippen molar-refractivity contribution in [1.29, 1.82) is 0 Å². The first-order chi connectivity index (χ1) is 16.9. The standard InChI is InChI=1S/C25H25N3O6S/c1-33-22(30)11-12-27-23(31)18-9-5-6-10-19(18)26-25(27)35-15-21(29)28-14-17-8-4-3-7-16(17)13-20(28)24(32)34-2/h3-10,20H,11-15H2,1-2H3. The Hall–Kier alpha value is -3.66. The summed E-state index contributed by atoms with van der Waals surface area (Å²) in [4.78, 5) is 56.7. The van der Waals surface area contributed by atoms with Crippen LogP contribution in [0.2, 0.25) is 0 Å². The first kappa shape index (κ1) is 24.5. The molecule has 0 spiro atoms. The summed E-state index contributed by atoms with van der Waals surface area (Å²) >= 11 is 1.10. The van der Waals surface area contributed by atoms with Crippen molar-refractivity contribution in [2.75, 3.05) is 20.0 Å². The molecule has 0 bridgehead atoms. The lowest BCUT2D eigenvalue weighted by Crippen LogP contribution is -2.49. The molecule has 0 fully saturated rings. The van der Waals surface area contributed by atoms with E-state index in [4.69, 9.17) is 9.47 Å². The van der Waals surface area contributed by atoms with E-state index in [1.165, 1.54) is 23.7 Å². The molecule has 0 aliphatic carbocycles. The number of amides is 1. The van der Waals surface area contributed by atoms with Crippen molar-refractivity contribution in [1.82, 2.24) is 14.5 Å². The Morgan fingerprint density at radius 3 is 2.49 bits per heavy atom. The Balaban J connectivity index is 1.60. The second kappa shape index (κ2) is 10.7. The van der Waals surface area contributed by atoms with Crippen LogP contribution >= 0.6 is 11.8 Å². The number of nitrogens with zero attached hydrogens (tertiary/aromatic N) is 3. The van der Waals surface area contributed by atoms with Crippen LogP contribution in [0.1, 0.15) is 17.5 Å². The van der Waals surface area contributed by atoms with E-state index >= 15 is 0 Å². The summed E-state index contributed by atoms with van der Waals surface area (Å²) < 4.78 is 11.0. The molecule has 1 atom stereocenters. The lowest BCUT2D eigenvalue weighted by atomic mass is 9.94. The molecule has 0 N–H and O–H groups in total. The summed E-state index contributed by atoms with van der Waals surface area (Å²) in [6.07, 6.45) is 0.364. The maximum atomic E-state index is 13.3. The van der Waals surface area contributed by atoms with Gasteiger partial charge in [0.2, 0.25) is 5.91 Å². The van der Waals surface area contributed by atoms with E-state index in [9.17, 15) is 19.2 Å². The fraction of sp³-hybridized carbons (Fsp3) is 0.320. The molecule has 2 heterocycles. The van der Waals surface area contributed by atoms with Crippen molar-refractivity contribution in [2.45, 2.75) is 37.1 Å². The molecule has 3 aromatic rings. The topological polar surface area (TPSA) is 108 Å². The number of rotatable bonds is 7. The van der Waals surface area contributed by atoms with Gasteiger partial charge in [-0.15, -0.1) is 0 Å². The third-order valence-electron chi connectivity index (χ3n) is 5.96. The molecule has 4 rings (SSSR count). The highest BCUT2D eigenvalue weighted by molar-refractivity contribution is 7.99. The number of hydrogen-bond acceptors (Lipinski definition) is 8. The second-order valence-electron chi connectivity index (χ2n) is 8.02. The average Bonchev–Trinajstić information content (AvgIpc) is 2.89. The Labute approximate surface area is 206 Å².